The summed E-state index contributed by atoms with van der Waals surface area (Å²) in [5.74, 6) is -0.0135. The molecule has 0 bridgehead atoms. The summed E-state index contributed by atoms with van der Waals surface area (Å²) in [6, 6.07) is 0. The number of aryl methyl sites for hydroxylation is 1. The molecule has 0 unspecified atom stereocenters. The Balaban J connectivity index is 2.22. The molecule has 0 aliphatic heterocycles. The van der Waals surface area contributed by atoms with Crippen LogP contribution in [0.5, 0.6) is 0 Å². The van der Waals surface area contributed by atoms with Gasteiger partial charge in [-0.25, -0.2) is 0 Å². The smallest absolute Gasteiger partial charge is 0.258 e. The predicted molar refractivity (Wildman–Crippen MR) is 97.1 cm³/mol. The minimum Gasteiger partial charge on any atom is -0.336 e. The second kappa shape index (κ2) is 7.85. The minimum atomic E-state index is -0.0135. The van der Waals surface area contributed by atoms with Gasteiger partial charge in [-0.1, -0.05) is 0 Å². The molecule has 0 radical (unpaired) electrons. The number of amides is 1. The lowest BCUT2D eigenvalue weighted by Gasteiger charge is -2.16. The lowest BCUT2D eigenvalue weighted by atomic mass is 10.3. The first-order chi connectivity index (χ1) is 10.5. The molecule has 0 saturated heterocycles. The normalized spacial score (nSPS) is 11.0. The number of nitrogens with zero attached hydrogens (tertiary/aromatic N) is 4. The van der Waals surface area contributed by atoms with E-state index in [9.17, 15) is 4.79 Å². The van der Waals surface area contributed by atoms with Crippen molar-refractivity contribution < 1.29 is 4.79 Å². The van der Waals surface area contributed by atoms with Gasteiger partial charge in [-0.3, -0.25) is 9.48 Å². The van der Waals surface area contributed by atoms with Crippen LogP contribution in [-0.4, -0.2) is 44.5 Å². The van der Waals surface area contributed by atoms with Crippen LogP contribution in [0.15, 0.2) is 19.9 Å². The first-order valence-electron chi connectivity index (χ1n) is 6.56. The van der Waals surface area contributed by atoms with Crippen molar-refractivity contribution >= 4 is 56.9 Å². The summed E-state index contributed by atoms with van der Waals surface area (Å²) in [5.41, 5.74) is 1.57. The molecule has 2 aromatic heterocycles. The Morgan fingerprint density at radius 1 is 1.45 bits per heavy atom. The fourth-order valence-corrected chi connectivity index (χ4v) is 4.62. The molecule has 2 heterocycles. The van der Waals surface area contributed by atoms with Crippen molar-refractivity contribution in [3.8, 4) is 0 Å². The number of halogens is 1. The first-order valence-corrected chi connectivity index (χ1v) is 10.6. The largest absolute Gasteiger partial charge is 0.336 e. The maximum Gasteiger partial charge on any atom is 0.258 e. The van der Waals surface area contributed by atoms with Gasteiger partial charge in [-0.2, -0.15) is 9.47 Å². The Morgan fingerprint density at radius 3 is 2.73 bits per heavy atom. The van der Waals surface area contributed by atoms with Gasteiger partial charge < -0.3 is 4.90 Å². The van der Waals surface area contributed by atoms with E-state index in [4.69, 9.17) is 0 Å². The van der Waals surface area contributed by atoms with Gasteiger partial charge in [-0.15, -0.1) is 23.5 Å². The van der Waals surface area contributed by atoms with E-state index >= 15 is 0 Å². The Kier molecular flexibility index (Phi) is 6.36. The van der Waals surface area contributed by atoms with E-state index in [0.717, 1.165) is 25.9 Å². The van der Waals surface area contributed by atoms with E-state index in [1.165, 1.54) is 23.3 Å². The van der Waals surface area contributed by atoms with Crippen molar-refractivity contribution in [3.05, 3.63) is 21.9 Å². The number of rotatable bonds is 6. The molecule has 5 nitrogen and oxygen atoms in total. The number of hydrogen-bond donors (Lipinski definition) is 0. The highest BCUT2D eigenvalue weighted by Crippen LogP contribution is 2.33. The fraction of sp³-hybridized carbons (Fsp3) is 0.462. The number of carbonyl (C=O) groups is 1. The molecule has 0 atom stereocenters. The summed E-state index contributed by atoms with van der Waals surface area (Å²) in [5, 5.41) is 5.27. The summed E-state index contributed by atoms with van der Waals surface area (Å²) in [7, 11) is 1.80. The molecule has 2 rings (SSSR count). The Labute approximate surface area is 151 Å². The quantitative estimate of drug-likeness (QED) is 0.664. The van der Waals surface area contributed by atoms with Crippen LogP contribution in [0, 0.1) is 0 Å². The number of aromatic nitrogens is 3. The summed E-state index contributed by atoms with van der Waals surface area (Å²) < 4.78 is 8.09. The van der Waals surface area contributed by atoms with Crippen molar-refractivity contribution in [3.63, 3.8) is 0 Å². The van der Waals surface area contributed by atoms with Gasteiger partial charge in [0.25, 0.3) is 5.91 Å². The number of carbonyl (C=O) groups excluding carboxylic acids is 1. The van der Waals surface area contributed by atoms with E-state index in [-0.39, 0.29) is 5.91 Å². The van der Waals surface area contributed by atoms with Crippen molar-refractivity contribution in [2.75, 3.05) is 19.6 Å². The van der Waals surface area contributed by atoms with E-state index in [1.807, 2.05) is 30.3 Å². The van der Waals surface area contributed by atoms with Crippen LogP contribution in [0.1, 0.15) is 23.0 Å². The molecule has 0 fully saturated rings. The highest BCUT2D eigenvalue weighted by Gasteiger charge is 2.24. The zero-order valence-electron chi connectivity index (χ0n) is 12.8. The third-order valence-electron chi connectivity index (χ3n) is 3.07. The molecular formula is C13H17BrN4OS3. The van der Waals surface area contributed by atoms with E-state index in [2.05, 4.69) is 25.4 Å². The van der Waals surface area contributed by atoms with Gasteiger partial charge in [0.15, 0.2) is 0 Å². The highest BCUT2D eigenvalue weighted by molar-refractivity contribution is 9.10. The minimum absolute atomic E-state index is 0.0135. The Hall–Kier alpha value is -0.510. The highest BCUT2D eigenvalue weighted by atomic mass is 79.9. The zero-order valence-corrected chi connectivity index (χ0v) is 16.8. The lowest BCUT2D eigenvalue weighted by Crippen LogP contribution is -2.27. The summed E-state index contributed by atoms with van der Waals surface area (Å²) in [6.07, 6.45) is 5.84. The number of hydrogen-bond acceptors (Lipinski definition) is 6. The van der Waals surface area contributed by atoms with Crippen molar-refractivity contribution in [2.24, 2.45) is 0 Å². The third kappa shape index (κ3) is 3.69. The van der Waals surface area contributed by atoms with E-state index in [0.29, 0.717) is 12.1 Å². The van der Waals surface area contributed by atoms with Crippen LogP contribution in [0.25, 0.3) is 0 Å². The van der Waals surface area contributed by atoms with Gasteiger partial charge in [0.05, 0.1) is 26.5 Å². The molecule has 0 aromatic carbocycles. The molecule has 1 amide bonds. The van der Waals surface area contributed by atoms with Gasteiger partial charge in [0.1, 0.15) is 5.03 Å². The zero-order chi connectivity index (χ0) is 16.3. The standard InChI is InChI=1S/C13H17BrN4OS3/c1-5-18-6-8(14)9(15-18)7-17(2)12(19)10-11(20-3)16-22-13(10)21-4/h6H,5,7H2,1-4H3. The molecule has 0 N–H and O–H groups in total. The Morgan fingerprint density at radius 2 is 2.18 bits per heavy atom. The first kappa shape index (κ1) is 17.8. The van der Waals surface area contributed by atoms with E-state index in [1.54, 1.807) is 23.7 Å². The molecule has 0 aliphatic rings. The topological polar surface area (TPSA) is 51.0 Å². The van der Waals surface area contributed by atoms with Crippen molar-refractivity contribution in [1.29, 1.82) is 0 Å². The molecule has 22 heavy (non-hydrogen) atoms. The summed E-state index contributed by atoms with van der Waals surface area (Å²) in [6.45, 7) is 3.30. The molecule has 0 saturated carbocycles. The Bertz CT molecular complexity index is 649. The average molecular weight is 421 g/mol. The van der Waals surface area contributed by atoms with Crippen LogP contribution in [0.4, 0.5) is 0 Å². The molecule has 120 valence electrons. The fourth-order valence-electron chi connectivity index (χ4n) is 1.91. The monoisotopic (exact) mass is 420 g/mol. The van der Waals surface area contributed by atoms with E-state index < -0.39 is 0 Å². The average Bonchev–Trinajstić information content (AvgIpc) is 3.09. The maximum absolute atomic E-state index is 12.8. The van der Waals surface area contributed by atoms with Crippen LogP contribution >= 0.6 is 51.0 Å². The number of thioether (sulfide) groups is 2. The summed E-state index contributed by atoms with van der Waals surface area (Å²) in [4.78, 5) is 14.5. The van der Waals surface area contributed by atoms with Gasteiger partial charge >= 0.3 is 0 Å². The van der Waals surface area contributed by atoms with Crippen molar-refractivity contribution in [1.82, 2.24) is 19.1 Å². The summed E-state index contributed by atoms with van der Waals surface area (Å²) >= 11 is 7.94. The molecular weight excluding hydrogens is 404 g/mol. The second-order valence-electron chi connectivity index (χ2n) is 4.50. The molecule has 2 aromatic rings. The maximum atomic E-state index is 12.8. The van der Waals surface area contributed by atoms with Crippen LogP contribution in [-0.2, 0) is 13.1 Å². The van der Waals surface area contributed by atoms with Crippen LogP contribution in [0.3, 0.4) is 0 Å². The van der Waals surface area contributed by atoms with Gasteiger partial charge in [0.2, 0.25) is 0 Å². The van der Waals surface area contributed by atoms with Crippen molar-refractivity contribution in [2.45, 2.75) is 29.2 Å². The SMILES string of the molecule is CCn1cc(Br)c(CN(C)C(=O)c2c(SC)nsc2SC)n1. The molecule has 9 heteroatoms. The van der Waals surface area contributed by atoms with Crippen LogP contribution in [0.2, 0.25) is 0 Å². The molecule has 0 aliphatic carbocycles. The predicted octanol–water partition coefficient (Wildman–Crippen LogP) is 3.84. The van der Waals surface area contributed by atoms with Crippen LogP contribution < -0.4 is 0 Å². The second-order valence-corrected chi connectivity index (χ2v) is 8.00. The van der Waals surface area contributed by atoms with Gasteiger partial charge in [0, 0.05) is 19.8 Å². The molecule has 0 spiro atoms. The van der Waals surface area contributed by atoms with Gasteiger partial charge in [-0.05, 0) is 46.9 Å². The third-order valence-corrected chi connectivity index (χ3v) is 6.47. The lowest BCUT2D eigenvalue weighted by molar-refractivity contribution is 0.0776.